The summed E-state index contributed by atoms with van der Waals surface area (Å²) in [7, 11) is -2.42. The second kappa shape index (κ2) is 13.2. The number of nitrogens with zero attached hydrogens (tertiary/aromatic N) is 1. The molecule has 0 spiro atoms. The minimum absolute atomic E-state index is 0.0242. The predicted molar refractivity (Wildman–Crippen MR) is 212 cm³/mol. The molecule has 5 aliphatic carbocycles. The number of urea groups is 1. The summed E-state index contributed by atoms with van der Waals surface area (Å²) in [6.07, 6.45) is 12.6. The Labute approximate surface area is 314 Å². The van der Waals surface area contributed by atoms with Crippen molar-refractivity contribution in [3.8, 4) is 0 Å². The molecule has 0 radical (unpaired) electrons. The molecule has 9 heteroatoms. The van der Waals surface area contributed by atoms with Crippen LogP contribution in [0.25, 0.3) is 5.57 Å². The van der Waals surface area contributed by atoms with E-state index in [1.807, 2.05) is 12.1 Å². The third-order valence-corrected chi connectivity index (χ3v) is 18.3. The molecule has 52 heavy (non-hydrogen) atoms. The molecule has 0 unspecified atom stereocenters. The topological polar surface area (TPSA) is 122 Å². The molecule has 9 atom stereocenters. The quantitative estimate of drug-likeness (QED) is 0.178. The van der Waals surface area contributed by atoms with E-state index in [1.165, 1.54) is 36.8 Å². The minimum atomic E-state index is -2.42. The van der Waals surface area contributed by atoms with Crippen LogP contribution in [0.15, 0.2) is 42.5 Å². The van der Waals surface area contributed by atoms with Gasteiger partial charge in [-0.25, -0.2) is 9.59 Å². The maximum absolute atomic E-state index is 13.7. The van der Waals surface area contributed by atoms with E-state index in [9.17, 15) is 23.8 Å². The predicted octanol–water partition coefficient (Wildman–Crippen LogP) is 9.15. The second-order valence-corrected chi connectivity index (χ2v) is 21.6. The van der Waals surface area contributed by atoms with Crippen molar-refractivity contribution in [1.82, 2.24) is 15.5 Å². The van der Waals surface area contributed by atoms with E-state index in [1.54, 1.807) is 12.1 Å². The number of benzene rings is 1. The first-order valence-corrected chi connectivity index (χ1v) is 22.0. The number of hydrogen-bond donors (Lipinski definition) is 5. The fraction of sp³-hybridized carbons (Fsp3) is 0.721. The van der Waals surface area contributed by atoms with Crippen LogP contribution in [-0.2, 0) is 0 Å². The van der Waals surface area contributed by atoms with Crippen LogP contribution in [0, 0.1) is 51.2 Å². The molecule has 0 bridgehead atoms. The molecule has 7 rings (SSSR count). The second-order valence-electron chi connectivity index (χ2n) is 19.2. The Morgan fingerprint density at radius 3 is 2.25 bits per heavy atom. The Morgan fingerprint density at radius 1 is 0.904 bits per heavy atom. The summed E-state index contributed by atoms with van der Waals surface area (Å²) < 4.78 is 20.0. The molecule has 288 valence electrons. The van der Waals surface area contributed by atoms with E-state index >= 15 is 0 Å². The molecule has 5 N–H and O–H groups in total. The summed E-state index contributed by atoms with van der Waals surface area (Å²) >= 11 is 0. The lowest BCUT2D eigenvalue weighted by Gasteiger charge is -2.72. The van der Waals surface area contributed by atoms with E-state index in [-0.39, 0.29) is 33.2 Å². The van der Waals surface area contributed by atoms with Crippen molar-refractivity contribution in [3.05, 3.63) is 53.6 Å². The SMILES string of the molecule is C=C(C)[C@@H]1CC[C@]2(NC(=O)NCCN3CCS(O)(O)CC3)CC[C@]3(C)[C@H](CC[C@@H]4[C@@]5(C)CC=C(c6ccc(C(=O)O)cc6)C(C)(C)[C@@H]5CC[C@]43C)[C@@H]12. The minimum Gasteiger partial charge on any atom is -0.478 e. The number of fused-ring (bicyclic) bond motifs is 7. The first kappa shape index (κ1) is 38.0. The Kier molecular flexibility index (Phi) is 9.61. The highest BCUT2D eigenvalue weighted by molar-refractivity contribution is 8.24. The molecule has 6 aliphatic rings. The summed E-state index contributed by atoms with van der Waals surface area (Å²) in [5.41, 5.74) is 4.42. The Morgan fingerprint density at radius 2 is 1.60 bits per heavy atom. The van der Waals surface area contributed by atoms with Crippen LogP contribution in [-0.4, -0.2) is 74.3 Å². The van der Waals surface area contributed by atoms with Crippen LogP contribution in [0.4, 0.5) is 4.79 Å². The summed E-state index contributed by atoms with van der Waals surface area (Å²) in [5, 5.41) is 16.3. The average Bonchev–Trinajstić information content (AvgIpc) is 3.45. The van der Waals surface area contributed by atoms with Gasteiger partial charge in [0.25, 0.3) is 0 Å². The van der Waals surface area contributed by atoms with Gasteiger partial charge in [0.1, 0.15) is 0 Å². The Hall–Kier alpha value is -2.33. The van der Waals surface area contributed by atoms with Gasteiger partial charge in [0.05, 0.1) is 17.1 Å². The van der Waals surface area contributed by atoms with E-state index in [0.29, 0.717) is 66.3 Å². The number of allylic oxidation sites excluding steroid dienone is 3. The van der Waals surface area contributed by atoms with E-state index in [4.69, 9.17) is 0 Å². The maximum Gasteiger partial charge on any atom is 0.335 e. The highest BCUT2D eigenvalue weighted by Crippen LogP contribution is 2.76. The Bertz CT molecular complexity index is 1610. The van der Waals surface area contributed by atoms with E-state index < -0.39 is 16.6 Å². The number of hydrogen-bond acceptors (Lipinski definition) is 5. The molecule has 1 aliphatic heterocycles. The zero-order chi connectivity index (χ0) is 37.5. The number of nitrogens with one attached hydrogen (secondary N) is 2. The average molecular weight is 736 g/mol. The third-order valence-electron chi connectivity index (χ3n) is 16.6. The summed E-state index contributed by atoms with van der Waals surface area (Å²) in [5.74, 6) is 2.44. The van der Waals surface area contributed by atoms with Gasteiger partial charge in [0, 0.05) is 31.7 Å². The van der Waals surface area contributed by atoms with Crippen molar-refractivity contribution in [3.63, 3.8) is 0 Å². The van der Waals surface area contributed by atoms with Crippen molar-refractivity contribution in [2.45, 2.75) is 105 Å². The number of carboxylic acids is 1. The van der Waals surface area contributed by atoms with Gasteiger partial charge in [-0.3, -0.25) is 14.0 Å². The fourth-order valence-corrected chi connectivity index (χ4v) is 15.1. The van der Waals surface area contributed by atoms with Gasteiger partial charge >= 0.3 is 12.0 Å². The smallest absolute Gasteiger partial charge is 0.335 e. The van der Waals surface area contributed by atoms with Crippen LogP contribution in [0.1, 0.15) is 115 Å². The molecular formula is C43H65N3O5S. The highest BCUT2D eigenvalue weighted by atomic mass is 32.3. The van der Waals surface area contributed by atoms with Gasteiger partial charge in [0.2, 0.25) is 0 Å². The summed E-state index contributed by atoms with van der Waals surface area (Å²) in [6.45, 7) is 22.1. The number of carbonyl (C=O) groups excluding carboxylic acids is 1. The van der Waals surface area contributed by atoms with Gasteiger partial charge in [-0.2, -0.15) is 10.6 Å². The molecular weight excluding hydrogens is 671 g/mol. The summed E-state index contributed by atoms with van der Waals surface area (Å²) in [6, 6.07) is 7.46. The van der Waals surface area contributed by atoms with Gasteiger partial charge in [0.15, 0.2) is 0 Å². The molecule has 5 fully saturated rings. The zero-order valence-electron chi connectivity index (χ0n) is 32.6. The molecule has 4 saturated carbocycles. The third kappa shape index (κ3) is 5.99. The van der Waals surface area contributed by atoms with E-state index in [0.717, 1.165) is 44.2 Å². The lowest BCUT2D eigenvalue weighted by atomic mass is 9.33. The highest BCUT2D eigenvalue weighted by Gasteiger charge is 2.70. The number of amides is 2. The van der Waals surface area contributed by atoms with Gasteiger partial charge in [-0.15, -0.1) is 0 Å². The number of carbonyl (C=O) groups is 2. The Balaban J connectivity index is 1.11. The number of rotatable bonds is 7. The molecule has 1 heterocycles. The molecule has 0 aromatic heterocycles. The van der Waals surface area contributed by atoms with Crippen LogP contribution in [0.5, 0.6) is 0 Å². The largest absolute Gasteiger partial charge is 0.478 e. The van der Waals surface area contributed by atoms with Crippen LogP contribution >= 0.6 is 10.6 Å². The lowest BCUT2D eigenvalue weighted by Crippen LogP contribution is -2.68. The normalized spacial score (nSPS) is 41.2. The molecule has 1 aromatic rings. The zero-order valence-corrected chi connectivity index (χ0v) is 33.4. The van der Waals surface area contributed by atoms with Gasteiger partial charge in [-0.1, -0.05) is 65.0 Å². The maximum atomic E-state index is 13.7. The monoisotopic (exact) mass is 735 g/mol. The molecule has 2 amide bonds. The van der Waals surface area contributed by atoms with Gasteiger partial charge in [-0.05, 0) is 139 Å². The van der Waals surface area contributed by atoms with Crippen LogP contribution < -0.4 is 10.6 Å². The molecule has 1 aromatic carbocycles. The summed E-state index contributed by atoms with van der Waals surface area (Å²) in [4.78, 5) is 27.4. The first-order chi connectivity index (χ1) is 24.4. The molecule has 1 saturated heterocycles. The lowest BCUT2D eigenvalue weighted by molar-refractivity contribution is -0.218. The van der Waals surface area contributed by atoms with Crippen molar-refractivity contribution < 1.29 is 23.8 Å². The molecule has 8 nitrogen and oxygen atoms in total. The number of carboxylic acid groups (broad SMARTS) is 1. The fourth-order valence-electron chi connectivity index (χ4n) is 13.8. The standard InChI is InChI=1S/C43H65N3O5S/c1-28(2)31-14-19-43(45-38(49)44-22-23-46-24-26-52(50,51)27-25-46)21-20-41(6)33(36(31)43)12-13-35-40(5)17-15-32(29-8-10-30(11-9-29)37(47)48)39(3,4)34(40)16-18-42(35,41)7/h8-11,15,31,33-36,50-51H,1,12-14,16-27H2,2-7H3,(H,47,48)(H2,44,45,49)/t31-,33+,34-,35+,36+,40-,41+,42+,43-/m0/s1. The van der Waals surface area contributed by atoms with E-state index in [2.05, 4.69) is 69.7 Å². The van der Waals surface area contributed by atoms with Crippen LogP contribution in [0.2, 0.25) is 0 Å². The number of aromatic carboxylic acids is 1. The van der Waals surface area contributed by atoms with Crippen molar-refractivity contribution in [2.24, 2.45) is 51.2 Å². The van der Waals surface area contributed by atoms with Crippen molar-refractivity contribution >= 4 is 28.2 Å². The van der Waals surface area contributed by atoms with Crippen molar-refractivity contribution in [2.75, 3.05) is 37.7 Å². The van der Waals surface area contributed by atoms with Crippen molar-refractivity contribution in [1.29, 1.82) is 0 Å². The van der Waals surface area contributed by atoms with Gasteiger partial charge < -0.3 is 15.7 Å². The van der Waals surface area contributed by atoms with Crippen LogP contribution in [0.3, 0.4) is 0 Å². The first-order valence-electron chi connectivity index (χ1n) is 20.1.